The van der Waals surface area contributed by atoms with Crippen molar-refractivity contribution in [2.75, 3.05) is 0 Å². The van der Waals surface area contributed by atoms with Crippen molar-refractivity contribution in [1.29, 1.82) is 0 Å². The number of ether oxygens (including phenoxy) is 1. The van der Waals surface area contributed by atoms with Crippen molar-refractivity contribution >= 4 is 10.9 Å². The summed E-state index contributed by atoms with van der Waals surface area (Å²) >= 11 is 0. The van der Waals surface area contributed by atoms with Gasteiger partial charge in [0.15, 0.2) is 11.5 Å². The van der Waals surface area contributed by atoms with E-state index in [0.29, 0.717) is 24.0 Å². The molecule has 0 spiro atoms. The first kappa shape index (κ1) is 25.3. The SMILES string of the molecule is Cc1cc(Cc2cc(Cc3ccccc3)c(C)c(O)c2O)c(C(C)C)cc1Oc1ccnc2ccccc12. The molecule has 5 rings (SSSR count). The van der Waals surface area contributed by atoms with E-state index in [1.807, 2.05) is 68.4 Å². The molecule has 1 heterocycles. The number of aryl methyl sites for hydroxylation is 1. The number of nitrogens with zero attached hydrogens (tertiary/aromatic N) is 1. The Kier molecular flexibility index (Phi) is 7.06. The largest absolute Gasteiger partial charge is 0.504 e. The summed E-state index contributed by atoms with van der Waals surface area (Å²) in [5.41, 5.74) is 7.75. The van der Waals surface area contributed by atoms with Gasteiger partial charge in [-0.25, -0.2) is 0 Å². The summed E-state index contributed by atoms with van der Waals surface area (Å²) in [4.78, 5) is 4.44. The Morgan fingerprint density at radius 3 is 2.24 bits per heavy atom. The Morgan fingerprint density at radius 1 is 0.737 bits per heavy atom. The molecule has 0 bridgehead atoms. The predicted octanol–water partition coefficient (Wildman–Crippen LogP) is 8.36. The first-order chi connectivity index (χ1) is 18.3. The molecule has 0 atom stereocenters. The van der Waals surface area contributed by atoms with Crippen molar-refractivity contribution in [3.05, 3.63) is 124 Å². The lowest BCUT2D eigenvalue weighted by molar-refractivity contribution is 0.397. The van der Waals surface area contributed by atoms with Gasteiger partial charge >= 0.3 is 0 Å². The quantitative estimate of drug-likeness (QED) is 0.219. The molecule has 0 aliphatic heterocycles. The lowest BCUT2D eigenvalue weighted by atomic mass is 9.89. The van der Waals surface area contributed by atoms with E-state index in [9.17, 15) is 10.2 Å². The van der Waals surface area contributed by atoms with Crippen LogP contribution in [0.4, 0.5) is 0 Å². The van der Waals surface area contributed by atoms with Crippen LogP contribution in [0.2, 0.25) is 0 Å². The minimum Gasteiger partial charge on any atom is -0.504 e. The molecule has 0 radical (unpaired) electrons. The van der Waals surface area contributed by atoms with E-state index in [1.54, 1.807) is 6.20 Å². The van der Waals surface area contributed by atoms with E-state index in [0.717, 1.165) is 50.2 Å². The first-order valence-electron chi connectivity index (χ1n) is 13.0. The van der Waals surface area contributed by atoms with E-state index in [1.165, 1.54) is 0 Å². The van der Waals surface area contributed by atoms with E-state index in [-0.39, 0.29) is 17.4 Å². The molecule has 4 aromatic carbocycles. The Morgan fingerprint density at radius 2 is 1.47 bits per heavy atom. The smallest absolute Gasteiger partial charge is 0.161 e. The fraction of sp³-hybridized carbons (Fsp3) is 0.206. The maximum Gasteiger partial charge on any atom is 0.161 e. The average Bonchev–Trinajstić information content (AvgIpc) is 2.92. The number of benzene rings is 4. The van der Waals surface area contributed by atoms with Crippen LogP contribution in [0.15, 0.2) is 85.1 Å². The van der Waals surface area contributed by atoms with Crippen molar-refractivity contribution in [3.8, 4) is 23.0 Å². The van der Waals surface area contributed by atoms with Gasteiger partial charge in [0.05, 0.1) is 5.52 Å². The van der Waals surface area contributed by atoms with Crippen molar-refractivity contribution in [2.45, 2.75) is 46.5 Å². The van der Waals surface area contributed by atoms with Crippen molar-refractivity contribution in [3.63, 3.8) is 0 Å². The number of phenolic OH excluding ortho intramolecular Hbond substituents is 2. The Hall–Kier alpha value is -4.31. The van der Waals surface area contributed by atoms with Crippen LogP contribution in [0, 0.1) is 13.8 Å². The Bertz CT molecular complexity index is 1600. The first-order valence-corrected chi connectivity index (χ1v) is 13.0. The number of hydrogen-bond acceptors (Lipinski definition) is 4. The number of rotatable bonds is 7. The molecule has 0 saturated heterocycles. The molecule has 4 heteroatoms. The maximum atomic E-state index is 10.9. The number of fused-ring (bicyclic) bond motifs is 1. The molecular weight excluding hydrogens is 470 g/mol. The lowest BCUT2D eigenvalue weighted by Crippen LogP contribution is -2.03. The monoisotopic (exact) mass is 503 g/mol. The molecule has 0 aliphatic carbocycles. The molecule has 0 aliphatic rings. The minimum atomic E-state index is -0.0461. The predicted molar refractivity (Wildman–Crippen MR) is 154 cm³/mol. The van der Waals surface area contributed by atoms with Crippen molar-refractivity contribution in [2.24, 2.45) is 0 Å². The second kappa shape index (κ2) is 10.6. The summed E-state index contributed by atoms with van der Waals surface area (Å²) in [5, 5.41) is 22.6. The maximum absolute atomic E-state index is 10.9. The third-order valence-corrected chi connectivity index (χ3v) is 7.22. The van der Waals surface area contributed by atoms with E-state index < -0.39 is 0 Å². The highest BCUT2D eigenvalue weighted by Crippen LogP contribution is 2.39. The average molecular weight is 504 g/mol. The topological polar surface area (TPSA) is 62.6 Å². The van der Waals surface area contributed by atoms with Gasteiger partial charge in [-0.1, -0.05) is 68.4 Å². The molecule has 1 aromatic heterocycles. The molecular formula is C34H33NO3. The standard InChI is InChI=1S/C34H33NO3/c1-21(2)29-20-32(38-31-14-15-35-30-13-9-8-12-28(30)31)22(3)16-26(29)19-27-18-25(23(4)33(36)34(27)37)17-24-10-6-5-7-11-24/h5-16,18,20-21,36-37H,17,19H2,1-4H3. The molecule has 0 saturated carbocycles. The molecule has 2 N–H and O–H groups in total. The number of aromatic nitrogens is 1. The lowest BCUT2D eigenvalue weighted by Gasteiger charge is -2.20. The summed E-state index contributed by atoms with van der Waals surface area (Å²) in [6.07, 6.45) is 2.97. The second-order valence-corrected chi connectivity index (χ2v) is 10.3. The second-order valence-electron chi connectivity index (χ2n) is 10.3. The van der Waals surface area contributed by atoms with E-state index >= 15 is 0 Å². The zero-order valence-electron chi connectivity index (χ0n) is 22.3. The van der Waals surface area contributed by atoms with E-state index in [4.69, 9.17) is 4.74 Å². The summed E-state index contributed by atoms with van der Waals surface area (Å²) in [7, 11) is 0. The van der Waals surface area contributed by atoms with Crippen LogP contribution in [-0.2, 0) is 12.8 Å². The van der Waals surface area contributed by atoms with Crippen LogP contribution >= 0.6 is 0 Å². The number of para-hydroxylation sites is 1. The zero-order valence-corrected chi connectivity index (χ0v) is 22.3. The minimum absolute atomic E-state index is 0.0410. The van der Waals surface area contributed by atoms with E-state index in [2.05, 4.69) is 43.1 Å². The molecule has 0 fully saturated rings. The van der Waals surface area contributed by atoms with Crippen LogP contribution in [0.1, 0.15) is 58.7 Å². The van der Waals surface area contributed by atoms with Gasteiger partial charge in [0, 0.05) is 23.6 Å². The van der Waals surface area contributed by atoms with Crippen molar-refractivity contribution < 1.29 is 14.9 Å². The van der Waals surface area contributed by atoms with Crippen molar-refractivity contribution in [1.82, 2.24) is 4.98 Å². The number of pyridine rings is 1. The zero-order chi connectivity index (χ0) is 26.8. The molecule has 0 unspecified atom stereocenters. The number of phenols is 2. The summed E-state index contributed by atoms with van der Waals surface area (Å²) in [6.45, 7) is 8.22. The van der Waals surface area contributed by atoms with Gasteiger partial charge in [-0.2, -0.15) is 0 Å². The molecule has 5 aromatic rings. The third-order valence-electron chi connectivity index (χ3n) is 7.22. The van der Waals surface area contributed by atoms with Crippen LogP contribution in [-0.4, -0.2) is 15.2 Å². The normalized spacial score (nSPS) is 11.3. The Balaban J connectivity index is 1.51. The third kappa shape index (κ3) is 5.08. The highest BCUT2D eigenvalue weighted by Gasteiger charge is 2.19. The molecule has 0 amide bonds. The summed E-state index contributed by atoms with van der Waals surface area (Å²) in [6, 6.07) is 26.3. The van der Waals surface area contributed by atoms with Crippen LogP contribution in [0.3, 0.4) is 0 Å². The van der Waals surface area contributed by atoms with Crippen LogP contribution in [0.25, 0.3) is 10.9 Å². The van der Waals surface area contributed by atoms with Gasteiger partial charge in [-0.05, 0) is 83.8 Å². The highest BCUT2D eigenvalue weighted by molar-refractivity contribution is 5.85. The van der Waals surface area contributed by atoms with Gasteiger partial charge in [0.2, 0.25) is 0 Å². The van der Waals surface area contributed by atoms with Gasteiger partial charge in [0.25, 0.3) is 0 Å². The number of aromatic hydroxyl groups is 2. The van der Waals surface area contributed by atoms with Gasteiger partial charge in [-0.3, -0.25) is 4.98 Å². The summed E-state index contributed by atoms with van der Waals surface area (Å²) in [5.74, 6) is 1.73. The fourth-order valence-electron chi connectivity index (χ4n) is 5.05. The fourth-order valence-corrected chi connectivity index (χ4v) is 5.05. The Labute approximate surface area is 224 Å². The summed E-state index contributed by atoms with van der Waals surface area (Å²) < 4.78 is 6.43. The van der Waals surface area contributed by atoms with Gasteiger partial charge in [-0.15, -0.1) is 0 Å². The molecule has 38 heavy (non-hydrogen) atoms. The van der Waals surface area contributed by atoms with Crippen LogP contribution in [0.5, 0.6) is 23.0 Å². The van der Waals surface area contributed by atoms with Crippen LogP contribution < -0.4 is 4.74 Å². The number of hydrogen-bond donors (Lipinski definition) is 2. The highest BCUT2D eigenvalue weighted by atomic mass is 16.5. The van der Waals surface area contributed by atoms with Gasteiger partial charge < -0.3 is 14.9 Å². The van der Waals surface area contributed by atoms with Gasteiger partial charge in [0.1, 0.15) is 11.5 Å². The molecule has 4 nitrogen and oxygen atoms in total. The molecule has 192 valence electrons.